The van der Waals surface area contributed by atoms with Crippen molar-refractivity contribution < 1.29 is 4.79 Å². The summed E-state index contributed by atoms with van der Waals surface area (Å²) in [5, 5.41) is 2.71. The van der Waals surface area contributed by atoms with Crippen molar-refractivity contribution in [3.8, 4) is 0 Å². The molecule has 0 aromatic rings. The van der Waals surface area contributed by atoms with Gasteiger partial charge < -0.3 is 5.32 Å². The van der Waals surface area contributed by atoms with Crippen LogP contribution in [0, 0.1) is 0 Å². The number of rotatable bonds is 3. The summed E-state index contributed by atoms with van der Waals surface area (Å²) in [5.41, 5.74) is 2.36. The van der Waals surface area contributed by atoms with Gasteiger partial charge in [-0.1, -0.05) is 0 Å². The minimum absolute atomic E-state index is 0.0718. The van der Waals surface area contributed by atoms with E-state index in [1.54, 1.807) is 6.92 Å². The third-order valence-corrected chi connectivity index (χ3v) is 1.07. The first-order valence-electron chi connectivity index (χ1n) is 3.34. The lowest BCUT2D eigenvalue weighted by atomic mass is 10.3. The highest BCUT2D eigenvalue weighted by Gasteiger charge is 2.09. The summed E-state index contributed by atoms with van der Waals surface area (Å²) in [5.74, 6) is 4.97. The molecule has 4 N–H and O–H groups in total. The van der Waals surface area contributed by atoms with Crippen molar-refractivity contribution in [3.63, 3.8) is 0 Å². The molecule has 0 radical (unpaired) electrons. The summed E-state index contributed by atoms with van der Waals surface area (Å²) in [6.07, 6.45) is 0. The van der Waals surface area contributed by atoms with Crippen molar-refractivity contribution in [2.24, 2.45) is 5.84 Å². The monoisotopic (exact) mass is 145 g/mol. The molecule has 0 aromatic heterocycles. The first kappa shape index (κ1) is 9.39. The van der Waals surface area contributed by atoms with E-state index in [1.165, 1.54) is 0 Å². The number of carbonyl (C=O) groups excluding carboxylic acids is 1. The minimum Gasteiger partial charge on any atom is -0.353 e. The summed E-state index contributed by atoms with van der Waals surface area (Å²) < 4.78 is 0. The molecule has 0 spiro atoms. The Labute approximate surface area is 61.1 Å². The van der Waals surface area contributed by atoms with Crippen molar-refractivity contribution in [1.82, 2.24) is 10.7 Å². The zero-order chi connectivity index (χ0) is 8.15. The fourth-order valence-corrected chi connectivity index (χ4v) is 0.485. The second-order valence-corrected chi connectivity index (χ2v) is 2.55. The predicted molar refractivity (Wildman–Crippen MR) is 40.1 cm³/mol. The molecular weight excluding hydrogens is 130 g/mol. The highest BCUT2D eigenvalue weighted by atomic mass is 16.2. The molecule has 1 unspecified atom stereocenters. The van der Waals surface area contributed by atoms with Gasteiger partial charge in [0.05, 0.1) is 6.04 Å². The predicted octanol–water partition coefficient (Wildman–Crippen LogP) is -0.637. The van der Waals surface area contributed by atoms with Gasteiger partial charge in [-0.25, -0.2) is 5.43 Å². The van der Waals surface area contributed by atoms with Crippen LogP contribution in [-0.4, -0.2) is 18.0 Å². The van der Waals surface area contributed by atoms with Gasteiger partial charge >= 0.3 is 0 Å². The van der Waals surface area contributed by atoms with Crippen LogP contribution in [0.5, 0.6) is 0 Å². The zero-order valence-corrected chi connectivity index (χ0v) is 6.64. The molecule has 0 rings (SSSR count). The van der Waals surface area contributed by atoms with Crippen molar-refractivity contribution in [3.05, 3.63) is 0 Å². The maximum atomic E-state index is 10.9. The Balaban J connectivity index is 3.62. The van der Waals surface area contributed by atoms with Gasteiger partial charge in [0.1, 0.15) is 0 Å². The van der Waals surface area contributed by atoms with Gasteiger partial charge in [0.2, 0.25) is 5.91 Å². The summed E-state index contributed by atoms with van der Waals surface area (Å²) in [4.78, 5) is 10.9. The van der Waals surface area contributed by atoms with Crippen LogP contribution >= 0.6 is 0 Å². The smallest absolute Gasteiger partial charge is 0.238 e. The van der Waals surface area contributed by atoms with Crippen LogP contribution in [0.15, 0.2) is 0 Å². The maximum Gasteiger partial charge on any atom is 0.238 e. The van der Waals surface area contributed by atoms with Gasteiger partial charge in [0, 0.05) is 6.04 Å². The lowest BCUT2D eigenvalue weighted by molar-refractivity contribution is -0.123. The zero-order valence-electron chi connectivity index (χ0n) is 6.64. The number of nitrogens with one attached hydrogen (secondary N) is 2. The Morgan fingerprint density at radius 1 is 1.40 bits per heavy atom. The molecule has 4 nitrogen and oxygen atoms in total. The van der Waals surface area contributed by atoms with E-state index in [4.69, 9.17) is 5.84 Å². The number of hydrazine groups is 1. The third kappa shape index (κ3) is 3.42. The topological polar surface area (TPSA) is 67.2 Å². The quantitative estimate of drug-likeness (QED) is 0.365. The van der Waals surface area contributed by atoms with Gasteiger partial charge in [0.15, 0.2) is 0 Å². The highest BCUT2D eigenvalue weighted by Crippen LogP contribution is 1.81. The van der Waals surface area contributed by atoms with Crippen LogP contribution in [0.4, 0.5) is 0 Å². The Morgan fingerprint density at radius 3 is 2.20 bits per heavy atom. The van der Waals surface area contributed by atoms with E-state index in [-0.39, 0.29) is 18.0 Å². The number of nitrogens with two attached hydrogens (primary N) is 1. The van der Waals surface area contributed by atoms with Crippen LogP contribution in [0.2, 0.25) is 0 Å². The largest absolute Gasteiger partial charge is 0.353 e. The molecule has 10 heavy (non-hydrogen) atoms. The first-order valence-corrected chi connectivity index (χ1v) is 3.34. The van der Waals surface area contributed by atoms with E-state index in [2.05, 4.69) is 10.7 Å². The van der Waals surface area contributed by atoms with Gasteiger partial charge in [0.25, 0.3) is 0 Å². The average Bonchev–Trinajstić information content (AvgIpc) is 1.85. The minimum atomic E-state index is -0.317. The van der Waals surface area contributed by atoms with Crippen LogP contribution in [0.3, 0.4) is 0 Å². The highest BCUT2D eigenvalue weighted by molar-refractivity contribution is 5.81. The third-order valence-electron chi connectivity index (χ3n) is 1.07. The molecule has 1 amide bonds. The molecule has 0 bridgehead atoms. The Morgan fingerprint density at radius 2 is 1.90 bits per heavy atom. The molecule has 0 aliphatic heterocycles. The van der Waals surface area contributed by atoms with Crippen molar-refractivity contribution in [1.29, 1.82) is 0 Å². The second-order valence-electron chi connectivity index (χ2n) is 2.55. The number of hydrogen-bond acceptors (Lipinski definition) is 3. The van der Waals surface area contributed by atoms with Crippen LogP contribution < -0.4 is 16.6 Å². The van der Waals surface area contributed by atoms with Crippen LogP contribution in [0.1, 0.15) is 20.8 Å². The Kier molecular flexibility index (Phi) is 3.99. The average molecular weight is 145 g/mol. The molecule has 60 valence electrons. The summed E-state index contributed by atoms with van der Waals surface area (Å²) in [6, 6.07) is -0.148. The van der Waals surface area contributed by atoms with E-state index >= 15 is 0 Å². The van der Waals surface area contributed by atoms with Gasteiger partial charge in [-0.3, -0.25) is 10.6 Å². The molecule has 1 atom stereocenters. The summed E-state index contributed by atoms with van der Waals surface area (Å²) >= 11 is 0. The molecule has 0 saturated carbocycles. The molecule has 0 aromatic carbocycles. The molecular formula is C6H15N3O. The van der Waals surface area contributed by atoms with Gasteiger partial charge in [-0.2, -0.15) is 0 Å². The number of hydrogen-bond donors (Lipinski definition) is 3. The lowest BCUT2D eigenvalue weighted by Gasteiger charge is -2.12. The molecule has 4 heteroatoms. The molecule has 0 heterocycles. The van der Waals surface area contributed by atoms with E-state index in [0.717, 1.165) is 0 Å². The van der Waals surface area contributed by atoms with Gasteiger partial charge in [-0.05, 0) is 20.8 Å². The van der Waals surface area contributed by atoms with Crippen LogP contribution in [-0.2, 0) is 4.79 Å². The molecule has 0 aliphatic carbocycles. The Bertz CT molecular complexity index is 114. The van der Waals surface area contributed by atoms with Crippen molar-refractivity contribution >= 4 is 5.91 Å². The summed E-state index contributed by atoms with van der Waals surface area (Å²) in [7, 11) is 0. The number of amides is 1. The van der Waals surface area contributed by atoms with E-state index in [9.17, 15) is 4.79 Å². The normalized spacial score (nSPS) is 13.3. The molecule has 0 saturated heterocycles. The van der Waals surface area contributed by atoms with Crippen molar-refractivity contribution in [2.75, 3.05) is 0 Å². The van der Waals surface area contributed by atoms with E-state index in [1.807, 2.05) is 13.8 Å². The Hall–Kier alpha value is -0.610. The van der Waals surface area contributed by atoms with Crippen LogP contribution in [0.25, 0.3) is 0 Å². The van der Waals surface area contributed by atoms with E-state index in [0.29, 0.717) is 0 Å². The summed E-state index contributed by atoms with van der Waals surface area (Å²) in [6.45, 7) is 5.51. The SMILES string of the molecule is CC(C)NC(=O)C(C)NN. The maximum absolute atomic E-state index is 10.9. The van der Waals surface area contributed by atoms with Gasteiger partial charge in [-0.15, -0.1) is 0 Å². The first-order chi connectivity index (χ1) is 4.57. The lowest BCUT2D eigenvalue weighted by Crippen LogP contribution is -2.47. The molecule has 0 fully saturated rings. The fourth-order valence-electron chi connectivity index (χ4n) is 0.485. The van der Waals surface area contributed by atoms with E-state index < -0.39 is 0 Å². The van der Waals surface area contributed by atoms with Crippen molar-refractivity contribution in [2.45, 2.75) is 32.9 Å². The second kappa shape index (κ2) is 4.24. The molecule has 0 aliphatic rings. The standard InChI is InChI=1S/C6H15N3O/c1-4(2)8-6(10)5(3)9-7/h4-5,9H,7H2,1-3H3,(H,8,10). The fraction of sp³-hybridized carbons (Fsp3) is 0.833. The number of carbonyl (C=O) groups is 1.